The van der Waals surface area contributed by atoms with Crippen LogP contribution in [0.25, 0.3) is 0 Å². The molecule has 1 aliphatic rings. The van der Waals surface area contributed by atoms with Gasteiger partial charge in [0.05, 0.1) is 17.5 Å². The molecule has 1 aromatic heterocycles. The van der Waals surface area contributed by atoms with E-state index in [0.29, 0.717) is 16.9 Å². The molecule has 0 radical (unpaired) electrons. The highest BCUT2D eigenvalue weighted by Crippen LogP contribution is 2.28. The maximum Gasteiger partial charge on any atom is 0.250 e. The normalized spacial score (nSPS) is 14.3. The smallest absolute Gasteiger partial charge is 0.250 e. The summed E-state index contributed by atoms with van der Waals surface area (Å²) in [5, 5.41) is 10.9. The first-order valence-corrected chi connectivity index (χ1v) is 7.39. The van der Waals surface area contributed by atoms with Gasteiger partial charge in [0.25, 0.3) is 0 Å². The Balaban J connectivity index is 1.89. The number of aromatic nitrogens is 2. The molecule has 3 N–H and O–H groups in total. The van der Waals surface area contributed by atoms with E-state index in [1.165, 1.54) is 12.3 Å². The van der Waals surface area contributed by atoms with Gasteiger partial charge in [-0.2, -0.15) is 10.2 Å². The molecule has 7 heteroatoms. The minimum Gasteiger partial charge on any atom is -0.382 e. The van der Waals surface area contributed by atoms with Crippen molar-refractivity contribution in [2.24, 2.45) is 5.73 Å². The number of nitrogens with one attached hydrogen (secondary N) is 1. The molecular weight excluding hydrogens is 302 g/mol. The van der Waals surface area contributed by atoms with E-state index in [1.54, 1.807) is 0 Å². The molecule has 1 amide bonds. The van der Waals surface area contributed by atoms with Crippen molar-refractivity contribution in [3.05, 3.63) is 52.9 Å². The molecule has 0 spiro atoms. The van der Waals surface area contributed by atoms with E-state index in [9.17, 15) is 13.6 Å². The van der Waals surface area contributed by atoms with Gasteiger partial charge in [-0.3, -0.25) is 4.79 Å². The van der Waals surface area contributed by atoms with E-state index in [2.05, 4.69) is 15.5 Å². The summed E-state index contributed by atoms with van der Waals surface area (Å²) >= 11 is 0. The fourth-order valence-electron chi connectivity index (χ4n) is 2.47. The van der Waals surface area contributed by atoms with Gasteiger partial charge >= 0.3 is 0 Å². The van der Waals surface area contributed by atoms with Crippen LogP contribution in [-0.2, 0) is 6.42 Å². The number of hydrogen-bond donors (Lipinski definition) is 2. The second kappa shape index (κ2) is 6.28. The van der Waals surface area contributed by atoms with Crippen molar-refractivity contribution in [3.8, 4) is 0 Å². The summed E-state index contributed by atoms with van der Waals surface area (Å²) in [5.74, 6) is -2.43. The van der Waals surface area contributed by atoms with E-state index in [1.807, 2.05) is 0 Å². The molecular formula is C16H16F2N4O. The minimum atomic E-state index is -0.918. The van der Waals surface area contributed by atoms with Gasteiger partial charge in [-0.15, -0.1) is 0 Å². The SMILES string of the molecule is NC(=O)c1cnnc(Cc2cc(F)c(F)cc2NC2CCC2)c1. The fraction of sp³-hybridized carbons (Fsp3) is 0.312. The number of nitrogens with two attached hydrogens (primary N) is 1. The monoisotopic (exact) mass is 318 g/mol. The van der Waals surface area contributed by atoms with Crippen LogP contribution in [0.1, 0.15) is 40.9 Å². The number of amides is 1. The molecule has 0 atom stereocenters. The largest absolute Gasteiger partial charge is 0.382 e. The van der Waals surface area contributed by atoms with Crippen molar-refractivity contribution in [2.75, 3.05) is 5.32 Å². The number of halogens is 2. The average Bonchev–Trinajstić information content (AvgIpc) is 2.47. The third kappa shape index (κ3) is 3.44. The highest BCUT2D eigenvalue weighted by atomic mass is 19.2. The first kappa shape index (κ1) is 15.3. The number of carbonyl (C=O) groups is 1. The Morgan fingerprint density at radius 2 is 2.00 bits per heavy atom. The van der Waals surface area contributed by atoms with Gasteiger partial charge in [0.2, 0.25) is 5.91 Å². The predicted molar refractivity (Wildman–Crippen MR) is 81.0 cm³/mol. The average molecular weight is 318 g/mol. The number of anilines is 1. The number of hydrogen-bond acceptors (Lipinski definition) is 4. The molecule has 1 fully saturated rings. The Morgan fingerprint density at radius 1 is 1.26 bits per heavy atom. The quantitative estimate of drug-likeness (QED) is 0.887. The number of rotatable bonds is 5. The van der Waals surface area contributed by atoms with Gasteiger partial charge < -0.3 is 11.1 Å². The van der Waals surface area contributed by atoms with Crippen LogP contribution >= 0.6 is 0 Å². The van der Waals surface area contributed by atoms with Crippen molar-refractivity contribution in [3.63, 3.8) is 0 Å². The molecule has 2 aromatic rings. The van der Waals surface area contributed by atoms with Gasteiger partial charge in [-0.05, 0) is 37.0 Å². The van der Waals surface area contributed by atoms with Crippen molar-refractivity contribution in [1.29, 1.82) is 0 Å². The molecule has 120 valence electrons. The lowest BCUT2D eigenvalue weighted by atomic mass is 9.92. The van der Waals surface area contributed by atoms with Gasteiger partial charge in [-0.1, -0.05) is 0 Å². The van der Waals surface area contributed by atoms with Crippen LogP contribution in [0, 0.1) is 11.6 Å². The number of benzene rings is 1. The molecule has 23 heavy (non-hydrogen) atoms. The summed E-state index contributed by atoms with van der Waals surface area (Å²) in [4.78, 5) is 11.2. The van der Waals surface area contributed by atoms with E-state index >= 15 is 0 Å². The van der Waals surface area contributed by atoms with Crippen molar-refractivity contribution >= 4 is 11.6 Å². The van der Waals surface area contributed by atoms with Crippen LogP contribution in [-0.4, -0.2) is 22.1 Å². The van der Waals surface area contributed by atoms with Crippen molar-refractivity contribution in [1.82, 2.24) is 10.2 Å². The van der Waals surface area contributed by atoms with E-state index in [-0.39, 0.29) is 18.0 Å². The molecule has 1 saturated carbocycles. The van der Waals surface area contributed by atoms with Crippen LogP contribution in [0.3, 0.4) is 0 Å². The lowest BCUT2D eigenvalue weighted by molar-refractivity contribution is 0.0999. The van der Waals surface area contributed by atoms with Crippen LogP contribution < -0.4 is 11.1 Å². The lowest BCUT2D eigenvalue weighted by Gasteiger charge is -2.28. The molecule has 1 aromatic carbocycles. The van der Waals surface area contributed by atoms with Crippen LogP contribution in [0.5, 0.6) is 0 Å². The van der Waals surface area contributed by atoms with Crippen LogP contribution in [0.2, 0.25) is 0 Å². The summed E-state index contributed by atoms with van der Waals surface area (Å²) in [6, 6.07) is 4.09. The first-order chi connectivity index (χ1) is 11.0. The summed E-state index contributed by atoms with van der Waals surface area (Å²) in [6.45, 7) is 0. The Bertz CT molecular complexity index is 747. The van der Waals surface area contributed by atoms with Gasteiger partial charge in [-0.25, -0.2) is 8.78 Å². The molecule has 0 aliphatic heterocycles. The fourth-order valence-corrected chi connectivity index (χ4v) is 2.47. The molecule has 0 unspecified atom stereocenters. The molecule has 3 rings (SSSR count). The Labute approximate surface area is 131 Å². The zero-order chi connectivity index (χ0) is 16.4. The topological polar surface area (TPSA) is 80.9 Å². The Kier molecular flexibility index (Phi) is 4.18. The highest BCUT2D eigenvalue weighted by Gasteiger charge is 2.20. The van der Waals surface area contributed by atoms with Crippen LogP contribution in [0.4, 0.5) is 14.5 Å². The van der Waals surface area contributed by atoms with E-state index in [4.69, 9.17) is 5.73 Å². The standard InChI is InChI=1S/C16H16F2N4O/c17-13-6-9(4-12-5-10(16(19)23)8-20-22-12)15(7-14(13)18)21-11-2-1-3-11/h5-8,11,21H,1-4H2,(H2,19,23). The van der Waals surface area contributed by atoms with Gasteiger partial charge in [0.1, 0.15) is 0 Å². The van der Waals surface area contributed by atoms with Gasteiger partial charge in [0.15, 0.2) is 11.6 Å². The maximum absolute atomic E-state index is 13.6. The second-order valence-electron chi connectivity index (χ2n) is 5.67. The summed E-state index contributed by atoms with van der Waals surface area (Å²) in [5.41, 5.74) is 7.01. The number of carbonyl (C=O) groups excluding carboxylic acids is 1. The zero-order valence-corrected chi connectivity index (χ0v) is 12.4. The second-order valence-corrected chi connectivity index (χ2v) is 5.67. The van der Waals surface area contributed by atoms with Gasteiger partial charge in [0, 0.05) is 24.2 Å². The molecule has 1 aliphatic carbocycles. The third-order valence-electron chi connectivity index (χ3n) is 3.97. The first-order valence-electron chi connectivity index (χ1n) is 7.39. The lowest BCUT2D eigenvalue weighted by Crippen LogP contribution is -2.27. The van der Waals surface area contributed by atoms with E-state index in [0.717, 1.165) is 31.4 Å². The zero-order valence-electron chi connectivity index (χ0n) is 12.4. The number of nitrogens with zero attached hydrogens (tertiary/aromatic N) is 2. The summed E-state index contributed by atoms with van der Waals surface area (Å²) in [7, 11) is 0. The molecule has 5 nitrogen and oxygen atoms in total. The molecule has 1 heterocycles. The third-order valence-corrected chi connectivity index (χ3v) is 3.97. The molecule has 0 bridgehead atoms. The summed E-state index contributed by atoms with van der Waals surface area (Å²) < 4.78 is 27.1. The number of primary amides is 1. The summed E-state index contributed by atoms with van der Waals surface area (Å²) in [6.07, 6.45) is 4.64. The Hall–Kier alpha value is -2.57. The maximum atomic E-state index is 13.6. The minimum absolute atomic E-state index is 0.223. The molecule has 0 saturated heterocycles. The predicted octanol–water partition coefficient (Wildman–Crippen LogP) is 2.41. The van der Waals surface area contributed by atoms with E-state index < -0.39 is 17.5 Å². The highest BCUT2D eigenvalue weighted by molar-refractivity contribution is 5.92. The van der Waals surface area contributed by atoms with Crippen LogP contribution in [0.15, 0.2) is 24.4 Å². The Morgan fingerprint density at radius 3 is 2.65 bits per heavy atom. The van der Waals surface area contributed by atoms with Crippen molar-refractivity contribution in [2.45, 2.75) is 31.7 Å². The van der Waals surface area contributed by atoms with Crippen molar-refractivity contribution < 1.29 is 13.6 Å².